The van der Waals surface area contributed by atoms with Crippen LogP contribution in [0.2, 0.25) is 0 Å². The zero-order valence-electron chi connectivity index (χ0n) is 11.6. The Kier molecular flexibility index (Phi) is 5.01. The van der Waals surface area contributed by atoms with Crippen molar-refractivity contribution in [3.05, 3.63) is 41.9 Å². The second-order valence-corrected chi connectivity index (χ2v) is 4.89. The molecule has 0 aliphatic carbocycles. The Hall–Kier alpha value is -1.82. The van der Waals surface area contributed by atoms with Crippen LogP contribution in [0.5, 0.6) is 0 Å². The average molecular weight is 297 g/mol. The van der Waals surface area contributed by atoms with Crippen molar-refractivity contribution in [1.29, 1.82) is 0 Å². The summed E-state index contributed by atoms with van der Waals surface area (Å²) in [6.07, 6.45) is 0.668. The minimum absolute atomic E-state index is 0.130. The number of unbranched alkanes of at least 4 members (excludes halogenated alkanes) is 2. The topological polar surface area (TPSA) is 54.7 Å². The van der Waals surface area contributed by atoms with Gasteiger partial charge >= 0.3 is 6.18 Å². The second-order valence-electron chi connectivity index (χ2n) is 4.89. The summed E-state index contributed by atoms with van der Waals surface area (Å²) < 4.78 is 38.9. The standard InChI is InChI=1S/C15H18F3N3/c16-15(17,18)12-7-4-3-6-11(12)13-10-20-14(21-13)8-2-1-5-9-19/h3-4,6-7,10H,1-2,5,8-9,19H2,(H,20,21). The number of halogens is 3. The summed E-state index contributed by atoms with van der Waals surface area (Å²) in [7, 11) is 0. The number of aryl methyl sites for hydroxylation is 1. The van der Waals surface area contributed by atoms with E-state index >= 15 is 0 Å². The summed E-state index contributed by atoms with van der Waals surface area (Å²) in [5, 5.41) is 0. The molecule has 0 atom stereocenters. The molecular weight excluding hydrogens is 279 g/mol. The van der Waals surface area contributed by atoms with Gasteiger partial charge in [-0.25, -0.2) is 4.98 Å². The lowest BCUT2D eigenvalue weighted by Crippen LogP contribution is -2.06. The molecule has 0 fully saturated rings. The molecule has 0 spiro atoms. The van der Waals surface area contributed by atoms with Crippen LogP contribution < -0.4 is 5.73 Å². The molecule has 0 saturated heterocycles. The minimum atomic E-state index is -4.37. The van der Waals surface area contributed by atoms with Crippen molar-refractivity contribution in [3.63, 3.8) is 0 Å². The van der Waals surface area contributed by atoms with Crippen LogP contribution in [-0.2, 0) is 12.6 Å². The van der Waals surface area contributed by atoms with Gasteiger partial charge in [0.25, 0.3) is 0 Å². The second kappa shape index (κ2) is 6.76. The van der Waals surface area contributed by atoms with Crippen LogP contribution in [0, 0.1) is 0 Å². The van der Waals surface area contributed by atoms with Crippen LogP contribution >= 0.6 is 0 Å². The first-order valence-electron chi connectivity index (χ1n) is 6.93. The Morgan fingerprint density at radius 1 is 1.10 bits per heavy atom. The van der Waals surface area contributed by atoms with Crippen LogP contribution in [0.4, 0.5) is 13.2 Å². The third kappa shape index (κ3) is 4.07. The molecule has 0 amide bonds. The molecule has 1 aromatic carbocycles. The molecular formula is C15H18F3N3. The monoisotopic (exact) mass is 297 g/mol. The van der Waals surface area contributed by atoms with E-state index in [4.69, 9.17) is 5.73 Å². The number of nitrogens with two attached hydrogens (primary N) is 1. The van der Waals surface area contributed by atoms with E-state index in [2.05, 4.69) is 9.97 Å². The number of aromatic amines is 1. The lowest BCUT2D eigenvalue weighted by molar-refractivity contribution is -0.137. The summed E-state index contributed by atoms with van der Waals surface area (Å²) in [4.78, 5) is 7.14. The van der Waals surface area contributed by atoms with E-state index in [-0.39, 0.29) is 5.56 Å². The highest BCUT2D eigenvalue weighted by Crippen LogP contribution is 2.36. The summed E-state index contributed by atoms with van der Waals surface area (Å²) in [6.45, 7) is 0.655. The van der Waals surface area contributed by atoms with E-state index in [1.807, 2.05) is 0 Å². The smallest absolute Gasteiger partial charge is 0.342 e. The Balaban J connectivity index is 2.15. The molecule has 114 valence electrons. The van der Waals surface area contributed by atoms with E-state index in [0.717, 1.165) is 25.3 Å². The normalized spacial score (nSPS) is 11.8. The highest BCUT2D eigenvalue weighted by Gasteiger charge is 2.33. The van der Waals surface area contributed by atoms with Gasteiger partial charge in [0, 0.05) is 12.0 Å². The van der Waals surface area contributed by atoms with E-state index < -0.39 is 11.7 Å². The van der Waals surface area contributed by atoms with Gasteiger partial charge in [0.2, 0.25) is 0 Å². The molecule has 2 aromatic rings. The van der Waals surface area contributed by atoms with Gasteiger partial charge in [0.15, 0.2) is 0 Å². The number of rotatable bonds is 6. The first-order chi connectivity index (χ1) is 10.0. The molecule has 1 heterocycles. The molecule has 0 saturated carbocycles. The highest BCUT2D eigenvalue weighted by atomic mass is 19.4. The number of alkyl halides is 3. The van der Waals surface area contributed by atoms with Gasteiger partial charge in [-0.2, -0.15) is 13.2 Å². The molecule has 3 N–H and O–H groups in total. The zero-order valence-corrected chi connectivity index (χ0v) is 11.6. The number of nitrogens with zero attached hydrogens (tertiary/aromatic N) is 1. The van der Waals surface area contributed by atoms with E-state index in [9.17, 15) is 13.2 Å². The van der Waals surface area contributed by atoms with Gasteiger partial charge in [-0.05, 0) is 25.5 Å². The summed E-state index contributed by atoms with van der Waals surface area (Å²) in [6, 6.07) is 5.51. The predicted octanol–water partition coefficient (Wildman–Crippen LogP) is 3.77. The molecule has 0 unspecified atom stereocenters. The van der Waals surface area contributed by atoms with Crippen LogP contribution in [-0.4, -0.2) is 16.5 Å². The fourth-order valence-corrected chi connectivity index (χ4v) is 2.21. The first kappa shape index (κ1) is 15.6. The van der Waals surface area contributed by atoms with Crippen molar-refractivity contribution in [2.24, 2.45) is 5.73 Å². The van der Waals surface area contributed by atoms with Gasteiger partial charge in [-0.15, -0.1) is 0 Å². The van der Waals surface area contributed by atoms with Crippen molar-refractivity contribution in [3.8, 4) is 11.3 Å². The van der Waals surface area contributed by atoms with Crippen LogP contribution in [0.1, 0.15) is 30.7 Å². The third-order valence-electron chi connectivity index (χ3n) is 3.27. The summed E-state index contributed by atoms with van der Waals surface area (Å²) in [5.74, 6) is 0.707. The molecule has 21 heavy (non-hydrogen) atoms. The Labute approximate surface area is 121 Å². The lowest BCUT2D eigenvalue weighted by atomic mass is 10.0. The summed E-state index contributed by atoms with van der Waals surface area (Å²) >= 11 is 0. The fraction of sp³-hybridized carbons (Fsp3) is 0.400. The van der Waals surface area contributed by atoms with Crippen molar-refractivity contribution in [1.82, 2.24) is 9.97 Å². The molecule has 1 aromatic heterocycles. The molecule has 3 nitrogen and oxygen atoms in total. The number of H-pyrrole nitrogens is 1. The van der Waals surface area contributed by atoms with Crippen molar-refractivity contribution in [2.45, 2.75) is 31.9 Å². The van der Waals surface area contributed by atoms with Gasteiger partial charge < -0.3 is 10.7 Å². The fourth-order valence-electron chi connectivity index (χ4n) is 2.21. The summed E-state index contributed by atoms with van der Waals surface area (Å²) in [5.41, 5.74) is 5.30. The number of imidazole rings is 1. The van der Waals surface area contributed by atoms with Gasteiger partial charge in [0.05, 0.1) is 17.5 Å². The van der Waals surface area contributed by atoms with Crippen molar-refractivity contribution < 1.29 is 13.2 Å². The zero-order chi connectivity index (χ0) is 15.3. The number of hydrogen-bond donors (Lipinski definition) is 2. The Morgan fingerprint density at radius 3 is 2.57 bits per heavy atom. The largest absolute Gasteiger partial charge is 0.417 e. The number of nitrogens with one attached hydrogen (secondary N) is 1. The Bertz CT molecular complexity index is 576. The van der Waals surface area contributed by atoms with Crippen molar-refractivity contribution in [2.75, 3.05) is 6.54 Å². The molecule has 0 bridgehead atoms. The first-order valence-corrected chi connectivity index (χ1v) is 6.93. The van der Waals surface area contributed by atoms with Crippen LogP contribution in [0.25, 0.3) is 11.3 Å². The minimum Gasteiger partial charge on any atom is -0.342 e. The molecule has 0 aliphatic rings. The maximum Gasteiger partial charge on any atom is 0.417 e. The predicted molar refractivity (Wildman–Crippen MR) is 75.6 cm³/mol. The molecule has 6 heteroatoms. The average Bonchev–Trinajstić information content (AvgIpc) is 2.91. The van der Waals surface area contributed by atoms with Crippen LogP contribution in [0.15, 0.2) is 30.5 Å². The van der Waals surface area contributed by atoms with E-state index in [1.54, 1.807) is 6.07 Å². The third-order valence-corrected chi connectivity index (χ3v) is 3.27. The van der Waals surface area contributed by atoms with Gasteiger partial charge in [-0.1, -0.05) is 24.6 Å². The van der Waals surface area contributed by atoms with Crippen LogP contribution in [0.3, 0.4) is 0 Å². The highest BCUT2D eigenvalue weighted by molar-refractivity contribution is 5.64. The molecule has 2 rings (SSSR count). The SMILES string of the molecule is NCCCCCc1ncc(-c2ccccc2C(F)(F)F)[nH]1. The lowest BCUT2D eigenvalue weighted by Gasteiger charge is -2.11. The van der Waals surface area contributed by atoms with E-state index in [0.29, 0.717) is 24.5 Å². The number of hydrogen-bond acceptors (Lipinski definition) is 2. The molecule has 0 radical (unpaired) electrons. The quantitative estimate of drug-likeness (QED) is 0.797. The van der Waals surface area contributed by atoms with Gasteiger partial charge in [-0.3, -0.25) is 0 Å². The van der Waals surface area contributed by atoms with Crippen molar-refractivity contribution >= 4 is 0 Å². The maximum absolute atomic E-state index is 13.0. The number of aromatic nitrogens is 2. The van der Waals surface area contributed by atoms with Gasteiger partial charge in [0.1, 0.15) is 5.82 Å². The molecule has 0 aliphatic heterocycles. The number of benzene rings is 1. The van der Waals surface area contributed by atoms with E-state index in [1.165, 1.54) is 18.3 Å². The Morgan fingerprint density at radius 2 is 1.86 bits per heavy atom. The maximum atomic E-state index is 13.0.